The van der Waals surface area contributed by atoms with Crippen molar-refractivity contribution in [3.63, 3.8) is 0 Å². The van der Waals surface area contributed by atoms with E-state index in [0.717, 1.165) is 16.2 Å². The van der Waals surface area contributed by atoms with Crippen molar-refractivity contribution in [3.05, 3.63) is 40.5 Å². The number of benzene rings is 1. The highest BCUT2D eigenvalue weighted by atomic mass is 32.1. The number of carbonyl (C=O) groups excluding carboxylic acids is 1. The second kappa shape index (κ2) is 8.49. The Balaban J connectivity index is 1.66. The molecular weight excluding hydrogens is 406 g/mol. The molecule has 2 aromatic heterocycles. The molecular formula is C20H25N5O4S. The van der Waals surface area contributed by atoms with Crippen molar-refractivity contribution in [1.29, 1.82) is 0 Å². The largest absolute Gasteiger partial charge is 0.497 e. The van der Waals surface area contributed by atoms with Crippen molar-refractivity contribution >= 4 is 22.4 Å². The lowest BCUT2D eigenvalue weighted by molar-refractivity contribution is 0.0715. The first-order valence-electron chi connectivity index (χ1n) is 9.86. The lowest BCUT2D eigenvalue weighted by atomic mass is 10.0. The number of aryl methyl sites for hydroxylation is 1. The summed E-state index contributed by atoms with van der Waals surface area (Å²) in [7, 11) is 1.63. The van der Waals surface area contributed by atoms with Crippen LogP contribution in [0.25, 0.3) is 4.96 Å². The maximum Gasteiger partial charge on any atom is 0.409 e. The van der Waals surface area contributed by atoms with Gasteiger partial charge in [-0.15, -0.1) is 5.10 Å². The normalized spacial score (nSPS) is 16.0. The van der Waals surface area contributed by atoms with Gasteiger partial charge in [0.2, 0.25) is 10.8 Å². The minimum absolute atomic E-state index is 0.101. The standard InChI is InChI=1S/C20H25N5O4S/c1-4-29-20(27)24-11-9-23(10-12-24)16(14-5-7-15(28-3)8-6-14)17-18(26)25-19(30-17)21-13(2)22-25/h5-8,16,26H,4,9-12H2,1-3H3. The smallest absolute Gasteiger partial charge is 0.409 e. The zero-order chi connectivity index (χ0) is 21.3. The zero-order valence-corrected chi connectivity index (χ0v) is 18.1. The number of aromatic hydroxyl groups is 1. The van der Waals surface area contributed by atoms with Crippen LogP contribution in [0, 0.1) is 6.92 Å². The molecule has 0 radical (unpaired) electrons. The number of ether oxygens (including phenoxy) is 2. The predicted octanol–water partition coefficient (Wildman–Crippen LogP) is 2.68. The number of amides is 1. The fraction of sp³-hybridized carbons (Fsp3) is 0.450. The molecule has 0 aliphatic carbocycles. The van der Waals surface area contributed by atoms with E-state index in [1.165, 1.54) is 15.9 Å². The van der Waals surface area contributed by atoms with Crippen molar-refractivity contribution in [2.24, 2.45) is 0 Å². The highest BCUT2D eigenvalue weighted by molar-refractivity contribution is 7.17. The molecule has 9 nitrogen and oxygen atoms in total. The van der Waals surface area contributed by atoms with Crippen LogP contribution in [0.4, 0.5) is 4.79 Å². The van der Waals surface area contributed by atoms with Gasteiger partial charge in [-0.3, -0.25) is 4.90 Å². The van der Waals surface area contributed by atoms with Crippen molar-refractivity contribution < 1.29 is 19.4 Å². The predicted molar refractivity (Wildman–Crippen MR) is 112 cm³/mol. The van der Waals surface area contributed by atoms with Crippen LogP contribution in [-0.2, 0) is 4.74 Å². The summed E-state index contributed by atoms with van der Waals surface area (Å²) in [6, 6.07) is 7.64. The number of piperazine rings is 1. The van der Waals surface area contributed by atoms with E-state index in [-0.39, 0.29) is 18.0 Å². The molecule has 3 aromatic rings. The minimum Gasteiger partial charge on any atom is -0.497 e. The number of fused-ring (bicyclic) bond motifs is 1. The lowest BCUT2D eigenvalue weighted by Crippen LogP contribution is -2.49. The quantitative estimate of drug-likeness (QED) is 0.664. The van der Waals surface area contributed by atoms with Gasteiger partial charge in [0.1, 0.15) is 11.6 Å². The SMILES string of the molecule is CCOC(=O)N1CCN(C(c2ccc(OC)cc2)c2sc3nc(C)nn3c2O)CC1. The van der Waals surface area contributed by atoms with E-state index < -0.39 is 0 Å². The van der Waals surface area contributed by atoms with Crippen LogP contribution in [0.2, 0.25) is 0 Å². The highest BCUT2D eigenvalue weighted by Crippen LogP contribution is 2.40. The maximum absolute atomic E-state index is 12.1. The Bertz CT molecular complexity index is 1020. The van der Waals surface area contributed by atoms with Crippen LogP contribution in [0.3, 0.4) is 0 Å². The molecule has 3 heterocycles. The first kappa shape index (κ1) is 20.4. The molecule has 1 amide bonds. The Labute approximate surface area is 178 Å². The van der Waals surface area contributed by atoms with Crippen molar-refractivity contribution in [2.75, 3.05) is 39.9 Å². The van der Waals surface area contributed by atoms with E-state index in [1.807, 2.05) is 24.3 Å². The van der Waals surface area contributed by atoms with Crippen LogP contribution < -0.4 is 4.74 Å². The van der Waals surface area contributed by atoms with Crippen LogP contribution >= 0.6 is 11.3 Å². The first-order chi connectivity index (χ1) is 14.5. The Morgan fingerprint density at radius 3 is 2.53 bits per heavy atom. The topological polar surface area (TPSA) is 92.4 Å². The average molecular weight is 432 g/mol. The molecule has 1 aliphatic heterocycles. The number of nitrogens with zero attached hydrogens (tertiary/aromatic N) is 5. The summed E-state index contributed by atoms with van der Waals surface area (Å²) in [5.41, 5.74) is 1.02. The molecule has 10 heteroatoms. The Morgan fingerprint density at radius 2 is 1.93 bits per heavy atom. The number of hydrogen-bond donors (Lipinski definition) is 1. The number of hydrogen-bond acceptors (Lipinski definition) is 8. The van der Waals surface area contributed by atoms with Gasteiger partial charge in [0.15, 0.2) is 0 Å². The summed E-state index contributed by atoms with van der Waals surface area (Å²) in [6.07, 6.45) is -0.282. The van der Waals surface area contributed by atoms with Gasteiger partial charge >= 0.3 is 6.09 Å². The Morgan fingerprint density at radius 1 is 1.23 bits per heavy atom. The first-order valence-corrected chi connectivity index (χ1v) is 10.7. The molecule has 4 rings (SSSR count). The number of thiazole rings is 1. The van der Waals surface area contributed by atoms with Crippen molar-refractivity contribution in [1.82, 2.24) is 24.4 Å². The second-order valence-electron chi connectivity index (χ2n) is 7.04. The molecule has 1 N–H and O–H groups in total. The molecule has 1 aliphatic rings. The van der Waals surface area contributed by atoms with Gasteiger partial charge in [-0.05, 0) is 31.5 Å². The third kappa shape index (κ3) is 3.80. The number of rotatable bonds is 5. The molecule has 0 bridgehead atoms. The van der Waals surface area contributed by atoms with E-state index in [2.05, 4.69) is 15.0 Å². The second-order valence-corrected chi connectivity index (χ2v) is 8.05. The van der Waals surface area contributed by atoms with Crippen LogP contribution in [0.1, 0.15) is 29.2 Å². The fourth-order valence-electron chi connectivity index (χ4n) is 3.72. The molecule has 1 aromatic carbocycles. The number of aromatic nitrogens is 3. The van der Waals surface area contributed by atoms with Gasteiger partial charge in [0.25, 0.3) is 0 Å². The summed E-state index contributed by atoms with van der Waals surface area (Å²) in [6.45, 7) is 6.40. The molecule has 1 atom stereocenters. The van der Waals surface area contributed by atoms with Gasteiger partial charge in [-0.25, -0.2) is 9.78 Å². The summed E-state index contributed by atoms with van der Waals surface area (Å²) >= 11 is 1.43. The summed E-state index contributed by atoms with van der Waals surface area (Å²) in [5, 5.41) is 15.2. The van der Waals surface area contributed by atoms with E-state index in [9.17, 15) is 9.90 Å². The van der Waals surface area contributed by atoms with Crippen molar-refractivity contribution in [3.8, 4) is 11.6 Å². The molecule has 1 saturated heterocycles. The zero-order valence-electron chi connectivity index (χ0n) is 17.2. The van der Waals surface area contributed by atoms with Crippen LogP contribution in [0.15, 0.2) is 24.3 Å². The maximum atomic E-state index is 12.1. The van der Waals surface area contributed by atoms with Gasteiger partial charge in [-0.2, -0.15) is 4.52 Å². The fourth-order valence-corrected chi connectivity index (χ4v) is 4.88. The highest BCUT2D eigenvalue weighted by Gasteiger charge is 2.32. The minimum atomic E-state index is -0.282. The van der Waals surface area contributed by atoms with E-state index >= 15 is 0 Å². The van der Waals surface area contributed by atoms with Crippen LogP contribution in [-0.4, -0.2) is 75.5 Å². The third-order valence-electron chi connectivity index (χ3n) is 5.19. The van der Waals surface area contributed by atoms with Crippen molar-refractivity contribution in [2.45, 2.75) is 19.9 Å². The Kier molecular flexibility index (Phi) is 5.78. The van der Waals surface area contributed by atoms with E-state index in [1.54, 1.807) is 25.9 Å². The monoisotopic (exact) mass is 431 g/mol. The molecule has 0 saturated carbocycles. The molecule has 1 unspecified atom stereocenters. The van der Waals surface area contributed by atoms with Gasteiger partial charge in [-0.1, -0.05) is 23.5 Å². The molecule has 160 valence electrons. The lowest BCUT2D eigenvalue weighted by Gasteiger charge is -2.38. The summed E-state index contributed by atoms with van der Waals surface area (Å²) < 4.78 is 11.9. The Hall–Kier alpha value is -2.85. The van der Waals surface area contributed by atoms with Crippen LogP contribution in [0.5, 0.6) is 11.6 Å². The molecule has 1 fully saturated rings. The summed E-state index contributed by atoms with van der Waals surface area (Å²) in [5.74, 6) is 1.49. The van der Waals surface area contributed by atoms with Gasteiger partial charge in [0.05, 0.1) is 24.6 Å². The molecule has 30 heavy (non-hydrogen) atoms. The number of methoxy groups -OCH3 is 1. The summed E-state index contributed by atoms with van der Waals surface area (Å²) in [4.78, 5) is 21.9. The average Bonchev–Trinajstić information content (AvgIpc) is 3.26. The molecule has 0 spiro atoms. The van der Waals surface area contributed by atoms with Gasteiger partial charge in [0, 0.05) is 26.2 Å². The van der Waals surface area contributed by atoms with Gasteiger partial charge < -0.3 is 19.5 Å². The van der Waals surface area contributed by atoms with E-state index in [0.29, 0.717) is 43.6 Å². The number of carbonyl (C=O) groups is 1. The third-order valence-corrected chi connectivity index (χ3v) is 6.26. The van der Waals surface area contributed by atoms with E-state index in [4.69, 9.17) is 9.47 Å².